The van der Waals surface area contributed by atoms with Gasteiger partial charge in [0.05, 0.1) is 12.1 Å². The fourth-order valence-electron chi connectivity index (χ4n) is 1.40. The summed E-state index contributed by atoms with van der Waals surface area (Å²) >= 11 is 0. The van der Waals surface area contributed by atoms with Crippen LogP contribution in [0.5, 0.6) is 0 Å². The summed E-state index contributed by atoms with van der Waals surface area (Å²) in [5.74, 6) is 1.88. The van der Waals surface area contributed by atoms with Crippen molar-refractivity contribution in [2.45, 2.75) is 13.1 Å². The maximum Gasteiger partial charge on any atom is 0.174 e. The van der Waals surface area contributed by atoms with Gasteiger partial charge in [-0.15, -0.1) is 0 Å². The zero-order valence-corrected chi connectivity index (χ0v) is 6.72. The van der Waals surface area contributed by atoms with Crippen LogP contribution in [0.15, 0.2) is 4.52 Å². The van der Waals surface area contributed by atoms with E-state index in [4.69, 9.17) is 4.52 Å². The fourth-order valence-corrected chi connectivity index (χ4v) is 1.40. The topological polar surface area (TPSA) is 41.3 Å². The molecule has 11 heavy (non-hydrogen) atoms. The predicted octanol–water partition coefficient (Wildman–Crippen LogP) is 0.662. The quantitative estimate of drug-likeness (QED) is 0.643. The maximum atomic E-state index is 5.11. The summed E-state index contributed by atoms with van der Waals surface area (Å²) in [6.45, 7) is 1.82. The molecule has 0 unspecified atom stereocenters. The third kappa shape index (κ3) is 0.903. The minimum Gasteiger partial charge on any atom is -0.370 e. The standard InChI is InChI=1S/C7H11N3O/c1-8-7-5-3-10(2)4-6(5)11-9-7/h3-4H2,1-2H3,(H,8,9). The molecule has 4 nitrogen and oxygen atoms in total. The smallest absolute Gasteiger partial charge is 0.174 e. The molecule has 0 radical (unpaired) electrons. The van der Waals surface area contributed by atoms with Gasteiger partial charge in [-0.05, 0) is 7.05 Å². The van der Waals surface area contributed by atoms with E-state index in [1.807, 2.05) is 7.05 Å². The fraction of sp³-hybridized carbons (Fsp3) is 0.571. The molecule has 1 aromatic heterocycles. The van der Waals surface area contributed by atoms with E-state index in [2.05, 4.69) is 22.4 Å². The van der Waals surface area contributed by atoms with E-state index in [0.717, 1.165) is 24.7 Å². The highest BCUT2D eigenvalue weighted by molar-refractivity contribution is 5.45. The summed E-state index contributed by atoms with van der Waals surface area (Å²) in [5.41, 5.74) is 1.20. The molecular formula is C7H11N3O. The second-order valence-electron chi connectivity index (χ2n) is 2.86. The monoisotopic (exact) mass is 153 g/mol. The van der Waals surface area contributed by atoms with Gasteiger partial charge in [-0.1, -0.05) is 5.16 Å². The van der Waals surface area contributed by atoms with Gasteiger partial charge in [-0.2, -0.15) is 0 Å². The Hall–Kier alpha value is -1.03. The van der Waals surface area contributed by atoms with Gasteiger partial charge in [0.15, 0.2) is 11.6 Å². The van der Waals surface area contributed by atoms with Crippen molar-refractivity contribution < 1.29 is 4.52 Å². The van der Waals surface area contributed by atoms with Crippen molar-refractivity contribution in [3.05, 3.63) is 11.3 Å². The van der Waals surface area contributed by atoms with E-state index >= 15 is 0 Å². The lowest BCUT2D eigenvalue weighted by molar-refractivity contribution is 0.301. The molecule has 0 bridgehead atoms. The molecule has 0 fully saturated rings. The molecule has 0 spiro atoms. The Morgan fingerprint density at radius 1 is 1.55 bits per heavy atom. The van der Waals surface area contributed by atoms with Crippen LogP contribution < -0.4 is 5.32 Å². The molecule has 1 aliphatic rings. The van der Waals surface area contributed by atoms with E-state index in [9.17, 15) is 0 Å². The van der Waals surface area contributed by atoms with Crippen molar-refractivity contribution in [3.63, 3.8) is 0 Å². The highest BCUT2D eigenvalue weighted by Crippen LogP contribution is 2.27. The van der Waals surface area contributed by atoms with Gasteiger partial charge >= 0.3 is 0 Å². The number of nitrogens with zero attached hydrogens (tertiary/aromatic N) is 2. The number of anilines is 1. The number of aromatic nitrogens is 1. The molecular weight excluding hydrogens is 142 g/mol. The highest BCUT2D eigenvalue weighted by atomic mass is 16.5. The zero-order valence-electron chi connectivity index (χ0n) is 6.72. The average molecular weight is 153 g/mol. The first-order chi connectivity index (χ1) is 5.31. The van der Waals surface area contributed by atoms with Crippen molar-refractivity contribution in [3.8, 4) is 0 Å². The van der Waals surface area contributed by atoms with E-state index in [-0.39, 0.29) is 0 Å². The van der Waals surface area contributed by atoms with Crippen LogP contribution in [0, 0.1) is 0 Å². The van der Waals surface area contributed by atoms with Crippen molar-refractivity contribution in [2.24, 2.45) is 0 Å². The molecule has 2 rings (SSSR count). The maximum absolute atomic E-state index is 5.11. The van der Waals surface area contributed by atoms with Gasteiger partial charge in [-0.25, -0.2) is 0 Å². The van der Waals surface area contributed by atoms with Gasteiger partial charge < -0.3 is 9.84 Å². The molecule has 1 aromatic rings. The lowest BCUT2D eigenvalue weighted by atomic mass is 10.3. The normalized spacial score (nSPS) is 16.9. The Kier molecular flexibility index (Phi) is 1.35. The summed E-state index contributed by atoms with van der Waals surface area (Å²) in [6.07, 6.45) is 0. The molecule has 0 saturated heterocycles. The largest absolute Gasteiger partial charge is 0.370 e. The molecule has 1 N–H and O–H groups in total. The van der Waals surface area contributed by atoms with Crippen LogP contribution in [0.4, 0.5) is 5.82 Å². The van der Waals surface area contributed by atoms with Crippen molar-refractivity contribution in [1.29, 1.82) is 0 Å². The van der Waals surface area contributed by atoms with Crippen LogP contribution >= 0.6 is 0 Å². The Balaban J connectivity index is 2.37. The number of fused-ring (bicyclic) bond motifs is 1. The highest BCUT2D eigenvalue weighted by Gasteiger charge is 2.23. The summed E-state index contributed by atoms with van der Waals surface area (Å²) in [4.78, 5) is 2.19. The average Bonchev–Trinajstić information content (AvgIpc) is 2.45. The van der Waals surface area contributed by atoms with Crippen molar-refractivity contribution in [1.82, 2.24) is 10.1 Å². The molecule has 1 aliphatic heterocycles. The van der Waals surface area contributed by atoms with Crippen LogP contribution in [0.25, 0.3) is 0 Å². The van der Waals surface area contributed by atoms with Crippen LogP contribution in [0.3, 0.4) is 0 Å². The molecule has 0 amide bonds. The molecule has 0 aromatic carbocycles. The summed E-state index contributed by atoms with van der Waals surface area (Å²) < 4.78 is 5.11. The summed E-state index contributed by atoms with van der Waals surface area (Å²) in [5, 5.41) is 6.87. The molecule has 2 heterocycles. The van der Waals surface area contributed by atoms with Crippen molar-refractivity contribution in [2.75, 3.05) is 19.4 Å². The number of rotatable bonds is 1. The first kappa shape index (κ1) is 6.67. The van der Waals surface area contributed by atoms with Gasteiger partial charge in [0.2, 0.25) is 0 Å². The molecule has 4 heteroatoms. The Morgan fingerprint density at radius 2 is 2.36 bits per heavy atom. The molecule has 0 saturated carbocycles. The van der Waals surface area contributed by atoms with Gasteiger partial charge in [0, 0.05) is 13.6 Å². The van der Waals surface area contributed by atoms with E-state index in [0.29, 0.717) is 0 Å². The zero-order chi connectivity index (χ0) is 7.84. The number of nitrogens with one attached hydrogen (secondary N) is 1. The third-order valence-electron chi connectivity index (χ3n) is 1.95. The third-order valence-corrected chi connectivity index (χ3v) is 1.95. The second kappa shape index (κ2) is 2.23. The second-order valence-corrected chi connectivity index (χ2v) is 2.86. The first-order valence-corrected chi connectivity index (χ1v) is 3.65. The van der Waals surface area contributed by atoms with E-state index < -0.39 is 0 Å². The van der Waals surface area contributed by atoms with Gasteiger partial charge in [-0.3, -0.25) is 4.90 Å². The first-order valence-electron chi connectivity index (χ1n) is 3.65. The van der Waals surface area contributed by atoms with Gasteiger partial charge in [0.25, 0.3) is 0 Å². The SMILES string of the molecule is CNc1noc2c1CN(C)C2. The van der Waals surface area contributed by atoms with Crippen LogP contribution in [0.2, 0.25) is 0 Å². The lowest BCUT2D eigenvalue weighted by Gasteiger charge is -2.03. The molecule has 0 atom stereocenters. The Morgan fingerprint density at radius 3 is 3.09 bits per heavy atom. The summed E-state index contributed by atoms with van der Waals surface area (Å²) in [7, 11) is 3.92. The minimum atomic E-state index is 0.879. The molecule has 0 aliphatic carbocycles. The van der Waals surface area contributed by atoms with Crippen molar-refractivity contribution >= 4 is 5.82 Å². The lowest BCUT2D eigenvalue weighted by Crippen LogP contribution is -2.08. The van der Waals surface area contributed by atoms with Crippen LogP contribution in [0.1, 0.15) is 11.3 Å². The Bertz CT molecular complexity index is 269. The number of hydrogen-bond acceptors (Lipinski definition) is 4. The van der Waals surface area contributed by atoms with E-state index in [1.165, 1.54) is 5.56 Å². The van der Waals surface area contributed by atoms with Crippen LogP contribution in [-0.2, 0) is 13.1 Å². The summed E-state index contributed by atoms with van der Waals surface area (Å²) in [6, 6.07) is 0. The molecule has 60 valence electrons. The number of hydrogen-bond donors (Lipinski definition) is 1. The van der Waals surface area contributed by atoms with E-state index in [1.54, 1.807) is 0 Å². The minimum absolute atomic E-state index is 0.879. The van der Waals surface area contributed by atoms with Crippen LogP contribution in [-0.4, -0.2) is 24.2 Å². The predicted molar refractivity (Wildman–Crippen MR) is 41.2 cm³/mol. The van der Waals surface area contributed by atoms with Gasteiger partial charge in [0.1, 0.15) is 0 Å². The Labute approximate surface area is 65.2 Å².